The van der Waals surface area contributed by atoms with Gasteiger partial charge >= 0.3 is 0 Å². The summed E-state index contributed by atoms with van der Waals surface area (Å²) in [5.74, 6) is 0.167. The predicted octanol–water partition coefficient (Wildman–Crippen LogP) is 1.36. The first kappa shape index (κ1) is 13.6. The van der Waals surface area contributed by atoms with Crippen LogP contribution in [0.2, 0.25) is 0 Å². The van der Waals surface area contributed by atoms with Crippen LogP contribution in [0, 0.1) is 5.92 Å². The standard InChI is InChI=1S/C10H17NO3S2/c1-8(2)7-16(13,14)11-6-9(12)10-4-3-5-15-10/h3-5,8-9,11-12H,6-7H2,1-2H3. The molecule has 2 N–H and O–H groups in total. The van der Waals surface area contributed by atoms with Gasteiger partial charge in [-0.2, -0.15) is 0 Å². The smallest absolute Gasteiger partial charge is 0.211 e. The van der Waals surface area contributed by atoms with Crippen molar-refractivity contribution >= 4 is 21.4 Å². The molecule has 0 spiro atoms. The summed E-state index contributed by atoms with van der Waals surface area (Å²) in [5, 5.41) is 11.5. The fourth-order valence-corrected chi connectivity index (χ4v) is 3.40. The number of rotatable bonds is 6. The number of sulfonamides is 1. The van der Waals surface area contributed by atoms with E-state index < -0.39 is 16.1 Å². The van der Waals surface area contributed by atoms with Gasteiger partial charge in [-0.15, -0.1) is 11.3 Å². The minimum atomic E-state index is -3.27. The Hall–Kier alpha value is -0.430. The molecule has 0 bridgehead atoms. The summed E-state index contributed by atoms with van der Waals surface area (Å²) >= 11 is 1.41. The van der Waals surface area contributed by atoms with Crippen molar-refractivity contribution in [2.45, 2.75) is 20.0 Å². The summed E-state index contributed by atoms with van der Waals surface area (Å²) in [4.78, 5) is 0.771. The van der Waals surface area contributed by atoms with Crippen LogP contribution in [0.15, 0.2) is 17.5 Å². The van der Waals surface area contributed by atoms with E-state index in [1.807, 2.05) is 25.3 Å². The maximum Gasteiger partial charge on any atom is 0.211 e. The normalized spacial score (nSPS) is 14.2. The van der Waals surface area contributed by atoms with Crippen LogP contribution in [0.5, 0.6) is 0 Å². The lowest BCUT2D eigenvalue weighted by molar-refractivity contribution is 0.185. The van der Waals surface area contributed by atoms with E-state index in [2.05, 4.69) is 4.72 Å². The zero-order chi connectivity index (χ0) is 12.2. The van der Waals surface area contributed by atoms with E-state index in [0.29, 0.717) is 0 Å². The van der Waals surface area contributed by atoms with Crippen LogP contribution in [-0.2, 0) is 10.0 Å². The molecule has 1 heterocycles. The van der Waals surface area contributed by atoms with E-state index in [1.165, 1.54) is 11.3 Å². The molecule has 1 atom stereocenters. The van der Waals surface area contributed by atoms with Gasteiger partial charge in [-0.3, -0.25) is 0 Å². The van der Waals surface area contributed by atoms with Crippen molar-refractivity contribution < 1.29 is 13.5 Å². The number of aliphatic hydroxyl groups excluding tert-OH is 1. The first-order valence-electron chi connectivity index (χ1n) is 5.09. The molecule has 6 heteroatoms. The highest BCUT2D eigenvalue weighted by molar-refractivity contribution is 7.89. The Morgan fingerprint density at radius 1 is 1.50 bits per heavy atom. The Morgan fingerprint density at radius 3 is 2.69 bits per heavy atom. The molecule has 0 aliphatic heterocycles. The molecular weight excluding hydrogens is 246 g/mol. The summed E-state index contributed by atoms with van der Waals surface area (Å²) < 4.78 is 25.4. The van der Waals surface area contributed by atoms with E-state index in [4.69, 9.17) is 0 Å². The summed E-state index contributed by atoms with van der Waals surface area (Å²) in [7, 11) is -3.27. The van der Waals surface area contributed by atoms with Crippen molar-refractivity contribution in [3.05, 3.63) is 22.4 Å². The Kier molecular flexibility index (Phi) is 4.91. The van der Waals surface area contributed by atoms with E-state index in [1.54, 1.807) is 6.07 Å². The van der Waals surface area contributed by atoms with Gasteiger partial charge in [-0.05, 0) is 17.4 Å². The number of hydrogen-bond acceptors (Lipinski definition) is 4. The number of aliphatic hydroxyl groups is 1. The van der Waals surface area contributed by atoms with Crippen LogP contribution in [0.3, 0.4) is 0 Å². The Labute approximate surface area is 100 Å². The first-order valence-corrected chi connectivity index (χ1v) is 7.62. The molecule has 16 heavy (non-hydrogen) atoms. The van der Waals surface area contributed by atoms with Crippen LogP contribution in [0.4, 0.5) is 0 Å². The molecule has 4 nitrogen and oxygen atoms in total. The van der Waals surface area contributed by atoms with Crippen LogP contribution in [-0.4, -0.2) is 25.8 Å². The third-order valence-electron chi connectivity index (χ3n) is 1.92. The van der Waals surface area contributed by atoms with Crippen molar-refractivity contribution in [3.63, 3.8) is 0 Å². The highest BCUT2D eigenvalue weighted by Gasteiger charge is 2.15. The van der Waals surface area contributed by atoms with Gasteiger partial charge in [0.25, 0.3) is 0 Å². The summed E-state index contributed by atoms with van der Waals surface area (Å²) in [6.07, 6.45) is -0.762. The fraction of sp³-hybridized carbons (Fsp3) is 0.600. The molecule has 1 rings (SSSR count). The molecule has 0 amide bonds. The number of thiophene rings is 1. The van der Waals surface area contributed by atoms with Gasteiger partial charge in [0, 0.05) is 11.4 Å². The van der Waals surface area contributed by atoms with Crippen molar-refractivity contribution in [3.8, 4) is 0 Å². The SMILES string of the molecule is CC(C)CS(=O)(=O)NCC(O)c1cccs1. The van der Waals surface area contributed by atoms with Crippen LogP contribution in [0.25, 0.3) is 0 Å². The average molecular weight is 263 g/mol. The van der Waals surface area contributed by atoms with Gasteiger partial charge in [0.05, 0.1) is 5.75 Å². The number of hydrogen-bond donors (Lipinski definition) is 2. The Bertz CT molecular complexity index is 398. The van der Waals surface area contributed by atoms with Crippen LogP contribution < -0.4 is 4.72 Å². The maximum atomic E-state index is 11.5. The molecule has 1 aromatic rings. The quantitative estimate of drug-likeness (QED) is 0.814. The van der Waals surface area contributed by atoms with Gasteiger partial charge in [0.2, 0.25) is 10.0 Å². The molecule has 0 saturated carbocycles. The Morgan fingerprint density at radius 2 is 2.19 bits per heavy atom. The van der Waals surface area contributed by atoms with Gasteiger partial charge < -0.3 is 5.11 Å². The van der Waals surface area contributed by atoms with E-state index in [0.717, 1.165) is 4.88 Å². The van der Waals surface area contributed by atoms with Gasteiger partial charge in [0.15, 0.2) is 0 Å². The second-order valence-corrected chi connectivity index (χ2v) is 6.89. The highest BCUT2D eigenvalue weighted by atomic mass is 32.2. The summed E-state index contributed by atoms with van der Waals surface area (Å²) in [6.45, 7) is 3.72. The van der Waals surface area contributed by atoms with Crippen molar-refractivity contribution in [1.29, 1.82) is 0 Å². The lowest BCUT2D eigenvalue weighted by Gasteiger charge is -2.11. The molecule has 0 aromatic carbocycles. The van der Waals surface area contributed by atoms with Crippen molar-refractivity contribution in [1.82, 2.24) is 4.72 Å². The zero-order valence-electron chi connectivity index (χ0n) is 9.38. The minimum absolute atomic E-state index is 0.0373. The summed E-state index contributed by atoms with van der Waals surface area (Å²) in [5.41, 5.74) is 0. The first-order chi connectivity index (χ1) is 7.41. The molecule has 0 radical (unpaired) electrons. The molecule has 0 fully saturated rings. The minimum Gasteiger partial charge on any atom is -0.386 e. The van der Waals surface area contributed by atoms with Gasteiger partial charge in [0.1, 0.15) is 6.10 Å². The fourth-order valence-electron chi connectivity index (χ4n) is 1.29. The third kappa shape index (κ3) is 4.61. The average Bonchev–Trinajstić information content (AvgIpc) is 2.64. The predicted molar refractivity (Wildman–Crippen MR) is 65.9 cm³/mol. The zero-order valence-corrected chi connectivity index (χ0v) is 11.0. The second-order valence-electron chi connectivity index (χ2n) is 4.05. The molecule has 0 aliphatic carbocycles. The van der Waals surface area contributed by atoms with Crippen LogP contribution >= 0.6 is 11.3 Å². The van der Waals surface area contributed by atoms with Crippen molar-refractivity contribution in [2.24, 2.45) is 5.92 Å². The monoisotopic (exact) mass is 263 g/mol. The van der Waals surface area contributed by atoms with Crippen LogP contribution in [0.1, 0.15) is 24.8 Å². The lowest BCUT2D eigenvalue weighted by Crippen LogP contribution is -2.31. The Balaban J connectivity index is 2.46. The van der Waals surface area contributed by atoms with Crippen molar-refractivity contribution in [2.75, 3.05) is 12.3 Å². The lowest BCUT2D eigenvalue weighted by atomic mass is 10.3. The highest BCUT2D eigenvalue weighted by Crippen LogP contribution is 2.17. The second kappa shape index (κ2) is 5.77. The maximum absolute atomic E-state index is 11.5. The molecule has 0 saturated heterocycles. The number of nitrogens with one attached hydrogen (secondary N) is 1. The van der Waals surface area contributed by atoms with E-state index >= 15 is 0 Å². The van der Waals surface area contributed by atoms with E-state index in [9.17, 15) is 13.5 Å². The molecule has 92 valence electrons. The molecule has 1 unspecified atom stereocenters. The van der Waals surface area contributed by atoms with Gasteiger partial charge in [-0.1, -0.05) is 19.9 Å². The molecule has 0 aliphatic rings. The van der Waals surface area contributed by atoms with Gasteiger partial charge in [-0.25, -0.2) is 13.1 Å². The molecular formula is C10H17NO3S2. The summed E-state index contributed by atoms with van der Waals surface area (Å²) in [6, 6.07) is 3.61. The molecule has 1 aromatic heterocycles. The third-order valence-corrected chi connectivity index (χ3v) is 4.61. The topological polar surface area (TPSA) is 66.4 Å². The largest absolute Gasteiger partial charge is 0.386 e. The van der Waals surface area contributed by atoms with E-state index in [-0.39, 0.29) is 18.2 Å².